The fourth-order valence-corrected chi connectivity index (χ4v) is 0.564. The quantitative estimate of drug-likeness (QED) is 0.664. The molecule has 1 rings (SSSR count). The van der Waals surface area contributed by atoms with E-state index in [0.717, 1.165) is 0 Å². The molecule has 12 heavy (non-hydrogen) atoms. The molecule has 0 saturated heterocycles. The summed E-state index contributed by atoms with van der Waals surface area (Å²) >= 11 is 0. The standard InChI is InChI=1S/C6H6N2O2.C2H6/c7-4-1-2-8-5(3-4)6(9)10;1-2/h1-3H,(H2,7,8)(H,9,10);1-2H3. The van der Waals surface area contributed by atoms with E-state index in [0.29, 0.717) is 5.69 Å². The van der Waals surface area contributed by atoms with Gasteiger partial charge in [0.15, 0.2) is 0 Å². The van der Waals surface area contributed by atoms with E-state index in [1.165, 1.54) is 18.3 Å². The van der Waals surface area contributed by atoms with Gasteiger partial charge in [-0.3, -0.25) is 0 Å². The molecule has 0 spiro atoms. The van der Waals surface area contributed by atoms with Crippen LogP contribution in [-0.4, -0.2) is 16.1 Å². The molecule has 3 N–H and O–H groups in total. The molecule has 0 aliphatic heterocycles. The second-order valence-electron chi connectivity index (χ2n) is 1.78. The van der Waals surface area contributed by atoms with Crippen LogP contribution >= 0.6 is 0 Å². The van der Waals surface area contributed by atoms with E-state index in [9.17, 15) is 4.79 Å². The van der Waals surface area contributed by atoms with Crippen molar-refractivity contribution in [2.24, 2.45) is 0 Å². The van der Waals surface area contributed by atoms with Crippen molar-refractivity contribution in [3.8, 4) is 0 Å². The van der Waals surface area contributed by atoms with Gasteiger partial charge < -0.3 is 10.8 Å². The Labute approximate surface area is 71.0 Å². The monoisotopic (exact) mass is 168 g/mol. The molecule has 0 amide bonds. The Kier molecular flexibility index (Phi) is 4.45. The third-order valence-electron chi connectivity index (χ3n) is 1.00. The number of carbonyl (C=O) groups is 1. The number of hydrogen-bond donors (Lipinski definition) is 2. The zero-order chi connectivity index (χ0) is 9.56. The van der Waals surface area contributed by atoms with E-state index in [-0.39, 0.29) is 5.69 Å². The second-order valence-corrected chi connectivity index (χ2v) is 1.78. The van der Waals surface area contributed by atoms with Crippen molar-refractivity contribution in [2.45, 2.75) is 13.8 Å². The van der Waals surface area contributed by atoms with Crippen molar-refractivity contribution >= 4 is 11.7 Å². The summed E-state index contributed by atoms with van der Waals surface area (Å²) in [6, 6.07) is 2.84. The summed E-state index contributed by atoms with van der Waals surface area (Å²) < 4.78 is 0. The largest absolute Gasteiger partial charge is 0.477 e. The number of anilines is 1. The SMILES string of the molecule is CC.Nc1ccnc(C(=O)O)c1. The number of nitrogens with zero attached hydrogens (tertiary/aromatic N) is 1. The Hall–Kier alpha value is -1.58. The summed E-state index contributed by atoms with van der Waals surface area (Å²) in [6.07, 6.45) is 1.36. The third kappa shape index (κ3) is 3.01. The van der Waals surface area contributed by atoms with Crippen LogP contribution in [0.3, 0.4) is 0 Å². The van der Waals surface area contributed by atoms with Crippen LogP contribution in [0.2, 0.25) is 0 Å². The number of carboxylic acids is 1. The molecule has 0 unspecified atom stereocenters. The van der Waals surface area contributed by atoms with Gasteiger partial charge in [0.1, 0.15) is 5.69 Å². The zero-order valence-electron chi connectivity index (χ0n) is 7.11. The molecule has 1 aromatic heterocycles. The van der Waals surface area contributed by atoms with Crippen molar-refractivity contribution < 1.29 is 9.90 Å². The van der Waals surface area contributed by atoms with Gasteiger partial charge in [0.25, 0.3) is 0 Å². The number of aromatic nitrogens is 1. The first-order valence-electron chi connectivity index (χ1n) is 3.65. The molecule has 4 heteroatoms. The van der Waals surface area contributed by atoms with Crippen molar-refractivity contribution in [1.82, 2.24) is 4.98 Å². The van der Waals surface area contributed by atoms with Gasteiger partial charge in [-0.05, 0) is 12.1 Å². The average Bonchev–Trinajstić information content (AvgIpc) is 2.08. The van der Waals surface area contributed by atoms with Gasteiger partial charge in [-0.25, -0.2) is 9.78 Å². The molecular weight excluding hydrogens is 156 g/mol. The van der Waals surface area contributed by atoms with Crippen LogP contribution in [0, 0.1) is 0 Å². The van der Waals surface area contributed by atoms with Crippen LogP contribution in [0.5, 0.6) is 0 Å². The van der Waals surface area contributed by atoms with Crippen LogP contribution in [0.25, 0.3) is 0 Å². The maximum absolute atomic E-state index is 10.2. The number of pyridine rings is 1. The molecule has 66 valence electrons. The lowest BCUT2D eigenvalue weighted by Gasteiger charge is -1.92. The van der Waals surface area contributed by atoms with Crippen LogP contribution in [-0.2, 0) is 0 Å². The van der Waals surface area contributed by atoms with E-state index in [4.69, 9.17) is 10.8 Å². The van der Waals surface area contributed by atoms with Crippen LogP contribution in [0.15, 0.2) is 18.3 Å². The normalized spacial score (nSPS) is 8.17. The topological polar surface area (TPSA) is 76.2 Å². The summed E-state index contributed by atoms with van der Waals surface area (Å²) in [7, 11) is 0. The molecule has 0 aromatic carbocycles. The van der Waals surface area contributed by atoms with Crippen molar-refractivity contribution in [3.05, 3.63) is 24.0 Å². The Morgan fingerprint density at radius 2 is 2.17 bits per heavy atom. The van der Waals surface area contributed by atoms with E-state index < -0.39 is 5.97 Å². The molecule has 4 nitrogen and oxygen atoms in total. The lowest BCUT2D eigenvalue weighted by atomic mass is 10.3. The molecule has 0 radical (unpaired) electrons. The molecule has 0 aliphatic carbocycles. The predicted octanol–water partition coefficient (Wildman–Crippen LogP) is 1.39. The van der Waals surface area contributed by atoms with Crippen molar-refractivity contribution in [2.75, 3.05) is 5.73 Å². The number of carboxylic acid groups (broad SMARTS) is 1. The number of nitrogens with two attached hydrogens (primary N) is 1. The highest BCUT2D eigenvalue weighted by Gasteiger charge is 2.01. The van der Waals surface area contributed by atoms with E-state index >= 15 is 0 Å². The van der Waals surface area contributed by atoms with Gasteiger partial charge in [-0.15, -0.1) is 0 Å². The minimum atomic E-state index is -1.06. The van der Waals surface area contributed by atoms with Gasteiger partial charge in [-0.2, -0.15) is 0 Å². The second kappa shape index (κ2) is 5.12. The summed E-state index contributed by atoms with van der Waals surface area (Å²) in [4.78, 5) is 13.8. The van der Waals surface area contributed by atoms with Crippen LogP contribution < -0.4 is 5.73 Å². The predicted molar refractivity (Wildman–Crippen MR) is 47.0 cm³/mol. The number of rotatable bonds is 1. The number of aromatic carboxylic acids is 1. The smallest absolute Gasteiger partial charge is 0.354 e. The lowest BCUT2D eigenvalue weighted by Crippen LogP contribution is -2.00. The first-order chi connectivity index (χ1) is 5.70. The van der Waals surface area contributed by atoms with E-state index in [1.54, 1.807) is 0 Å². The van der Waals surface area contributed by atoms with Gasteiger partial charge in [-0.1, -0.05) is 13.8 Å². The maximum atomic E-state index is 10.2. The molecule has 1 heterocycles. The minimum absolute atomic E-state index is 0.0278. The summed E-state index contributed by atoms with van der Waals surface area (Å²) in [6.45, 7) is 4.00. The van der Waals surface area contributed by atoms with Crippen molar-refractivity contribution in [3.63, 3.8) is 0 Å². The molecule has 0 bridgehead atoms. The van der Waals surface area contributed by atoms with Gasteiger partial charge in [0, 0.05) is 11.9 Å². The lowest BCUT2D eigenvalue weighted by molar-refractivity contribution is 0.0690. The number of hydrogen-bond acceptors (Lipinski definition) is 3. The fourth-order valence-electron chi connectivity index (χ4n) is 0.564. The highest BCUT2D eigenvalue weighted by atomic mass is 16.4. The first kappa shape index (κ1) is 10.4. The van der Waals surface area contributed by atoms with Crippen LogP contribution in [0.4, 0.5) is 5.69 Å². The molecule has 0 atom stereocenters. The third-order valence-corrected chi connectivity index (χ3v) is 1.00. The van der Waals surface area contributed by atoms with Crippen molar-refractivity contribution in [1.29, 1.82) is 0 Å². The van der Waals surface area contributed by atoms with Gasteiger partial charge in [0.2, 0.25) is 0 Å². The summed E-state index contributed by atoms with van der Waals surface area (Å²) in [5.74, 6) is -1.06. The Morgan fingerprint density at radius 1 is 1.58 bits per heavy atom. The molecule has 1 aromatic rings. The fraction of sp³-hybridized carbons (Fsp3) is 0.250. The minimum Gasteiger partial charge on any atom is -0.477 e. The summed E-state index contributed by atoms with van der Waals surface area (Å²) in [5.41, 5.74) is 5.67. The number of nitrogen functional groups attached to an aromatic ring is 1. The van der Waals surface area contributed by atoms with E-state index in [1.807, 2.05) is 13.8 Å². The Balaban J connectivity index is 0.000000561. The Bertz CT molecular complexity index is 261. The summed E-state index contributed by atoms with van der Waals surface area (Å²) in [5, 5.41) is 8.39. The molecule has 0 fully saturated rings. The van der Waals surface area contributed by atoms with E-state index in [2.05, 4.69) is 4.98 Å². The molecular formula is C8H12N2O2. The highest BCUT2D eigenvalue weighted by Crippen LogP contribution is 2.01. The maximum Gasteiger partial charge on any atom is 0.354 e. The molecule has 0 saturated carbocycles. The highest BCUT2D eigenvalue weighted by molar-refractivity contribution is 5.86. The van der Waals surface area contributed by atoms with Gasteiger partial charge in [0.05, 0.1) is 0 Å². The Morgan fingerprint density at radius 3 is 2.50 bits per heavy atom. The van der Waals surface area contributed by atoms with Crippen LogP contribution in [0.1, 0.15) is 24.3 Å². The molecule has 0 aliphatic rings. The van der Waals surface area contributed by atoms with Gasteiger partial charge >= 0.3 is 5.97 Å². The average molecular weight is 168 g/mol. The zero-order valence-corrected chi connectivity index (χ0v) is 7.11. The first-order valence-corrected chi connectivity index (χ1v) is 3.65.